The maximum absolute atomic E-state index is 12.0. The first-order chi connectivity index (χ1) is 13.8. The molecule has 3 aliphatic rings. The minimum absolute atomic E-state index is 0.0625. The lowest BCUT2D eigenvalue weighted by Crippen LogP contribution is -2.51. The van der Waals surface area contributed by atoms with Crippen molar-refractivity contribution < 1.29 is 14.6 Å². The number of carbonyl (C=O) groups is 1. The van der Waals surface area contributed by atoms with E-state index < -0.39 is 5.60 Å². The molecule has 5 rings (SSSR count). The van der Waals surface area contributed by atoms with E-state index in [4.69, 9.17) is 9.72 Å². The van der Waals surface area contributed by atoms with E-state index in [9.17, 15) is 9.90 Å². The smallest absolute Gasteiger partial charge is 0.407 e. The highest BCUT2D eigenvalue weighted by Crippen LogP contribution is 2.60. The van der Waals surface area contributed by atoms with Crippen LogP contribution >= 0.6 is 0 Å². The fraction of sp³-hybridized carbons (Fsp3) is 0.667. The molecule has 29 heavy (non-hydrogen) atoms. The van der Waals surface area contributed by atoms with Crippen molar-refractivity contribution in [2.24, 2.45) is 5.92 Å². The standard InChI is InChI=1S/C21H29N5O3/c1-20(2,3)29-19(28)24-14-9-13(10-14)23-18-15-8-12(11-27)21(5-6-21)17(15)25-16-4-7-22-26(16)18/h4,7,12-14,23,27H,5-6,8-11H2,1-3H3,(H,24,28). The van der Waals surface area contributed by atoms with Crippen LogP contribution in [0.2, 0.25) is 0 Å². The van der Waals surface area contributed by atoms with E-state index in [1.807, 2.05) is 31.4 Å². The summed E-state index contributed by atoms with van der Waals surface area (Å²) in [6, 6.07) is 2.31. The van der Waals surface area contributed by atoms with Gasteiger partial charge in [0.2, 0.25) is 0 Å². The Morgan fingerprint density at radius 3 is 2.76 bits per heavy atom. The molecule has 2 aromatic heterocycles. The summed E-state index contributed by atoms with van der Waals surface area (Å²) in [5, 5.41) is 21.0. The minimum Gasteiger partial charge on any atom is -0.444 e. The van der Waals surface area contributed by atoms with Crippen LogP contribution in [0.15, 0.2) is 12.3 Å². The van der Waals surface area contributed by atoms with Crippen molar-refractivity contribution in [2.45, 2.75) is 76.0 Å². The third-order valence-corrected chi connectivity index (χ3v) is 6.55. The molecule has 3 aliphatic carbocycles. The van der Waals surface area contributed by atoms with E-state index in [1.165, 1.54) is 5.56 Å². The summed E-state index contributed by atoms with van der Waals surface area (Å²) in [4.78, 5) is 16.9. The summed E-state index contributed by atoms with van der Waals surface area (Å²) in [6.45, 7) is 5.79. The third kappa shape index (κ3) is 3.13. The fourth-order valence-corrected chi connectivity index (χ4v) is 4.90. The van der Waals surface area contributed by atoms with Gasteiger partial charge in [0.15, 0.2) is 5.65 Å². The molecule has 1 unspecified atom stereocenters. The molecular formula is C21H29N5O3. The van der Waals surface area contributed by atoms with Gasteiger partial charge in [-0.15, -0.1) is 0 Å². The van der Waals surface area contributed by atoms with Crippen molar-refractivity contribution >= 4 is 17.6 Å². The van der Waals surface area contributed by atoms with Crippen molar-refractivity contribution in [3.63, 3.8) is 0 Å². The van der Waals surface area contributed by atoms with Gasteiger partial charge in [-0.2, -0.15) is 9.61 Å². The number of amides is 1. The zero-order chi connectivity index (χ0) is 20.4. The van der Waals surface area contributed by atoms with Crippen molar-refractivity contribution in [3.05, 3.63) is 23.5 Å². The number of rotatable bonds is 4. The molecular weight excluding hydrogens is 370 g/mol. The highest BCUT2D eigenvalue weighted by molar-refractivity contribution is 5.68. The predicted molar refractivity (Wildman–Crippen MR) is 108 cm³/mol. The summed E-state index contributed by atoms with van der Waals surface area (Å²) < 4.78 is 7.22. The van der Waals surface area contributed by atoms with Gasteiger partial charge in [-0.05, 0) is 58.8 Å². The average Bonchev–Trinajstić information content (AvgIpc) is 3.14. The van der Waals surface area contributed by atoms with Crippen molar-refractivity contribution in [3.8, 4) is 0 Å². The van der Waals surface area contributed by atoms with Crippen molar-refractivity contribution in [2.75, 3.05) is 11.9 Å². The molecule has 8 nitrogen and oxygen atoms in total. The molecule has 1 amide bonds. The molecule has 1 spiro atoms. The maximum atomic E-state index is 12.0. The summed E-state index contributed by atoms with van der Waals surface area (Å²) >= 11 is 0. The van der Waals surface area contributed by atoms with E-state index in [0.717, 1.165) is 49.3 Å². The van der Waals surface area contributed by atoms with Gasteiger partial charge in [0.1, 0.15) is 11.4 Å². The number of aliphatic hydroxyl groups excluding tert-OH is 1. The SMILES string of the molecule is CC(C)(C)OC(=O)NC1CC(Nc2c3c(nc4ccnn24)C2(CC2)C(CO)C3)C1. The molecule has 0 saturated heterocycles. The Morgan fingerprint density at radius 1 is 1.34 bits per heavy atom. The Labute approximate surface area is 170 Å². The number of carbonyl (C=O) groups excluding carboxylic acids is 1. The van der Waals surface area contributed by atoms with Crippen molar-refractivity contribution in [1.29, 1.82) is 0 Å². The second-order valence-corrected chi connectivity index (χ2v) is 9.78. The number of nitrogens with one attached hydrogen (secondary N) is 2. The molecule has 156 valence electrons. The lowest BCUT2D eigenvalue weighted by Gasteiger charge is -2.37. The Hall–Kier alpha value is -2.35. The van der Waals surface area contributed by atoms with Gasteiger partial charge in [-0.3, -0.25) is 0 Å². The molecule has 0 bridgehead atoms. The Kier molecular flexibility index (Phi) is 4.07. The molecule has 2 aromatic rings. The van der Waals surface area contributed by atoms with Crippen LogP contribution in [-0.2, 0) is 16.6 Å². The van der Waals surface area contributed by atoms with E-state index in [2.05, 4.69) is 15.7 Å². The van der Waals surface area contributed by atoms with E-state index in [0.29, 0.717) is 0 Å². The van der Waals surface area contributed by atoms with Crippen LogP contribution in [0.3, 0.4) is 0 Å². The van der Waals surface area contributed by atoms with Gasteiger partial charge in [0, 0.05) is 35.7 Å². The van der Waals surface area contributed by atoms with Gasteiger partial charge >= 0.3 is 6.09 Å². The zero-order valence-corrected chi connectivity index (χ0v) is 17.2. The van der Waals surface area contributed by atoms with Crippen LogP contribution in [-0.4, -0.2) is 50.1 Å². The summed E-state index contributed by atoms with van der Waals surface area (Å²) in [5.74, 6) is 1.25. The van der Waals surface area contributed by atoms with Crippen molar-refractivity contribution in [1.82, 2.24) is 19.9 Å². The number of anilines is 1. The topological polar surface area (TPSA) is 101 Å². The molecule has 0 aromatic carbocycles. The highest BCUT2D eigenvalue weighted by atomic mass is 16.6. The van der Waals surface area contributed by atoms with Gasteiger partial charge in [0.05, 0.1) is 11.9 Å². The molecule has 0 radical (unpaired) electrons. The summed E-state index contributed by atoms with van der Waals surface area (Å²) in [5.41, 5.74) is 2.76. The van der Waals surface area contributed by atoms with Crippen LogP contribution in [0.25, 0.3) is 5.65 Å². The Morgan fingerprint density at radius 2 is 2.10 bits per heavy atom. The van der Waals surface area contributed by atoms with Crippen LogP contribution < -0.4 is 10.6 Å². The van der Waals surface area contributed by atoms with Crippen LogP contribution in [0.1, 0.15) is 57.7 Å². The fourth-order valence-electron chi connectivity index (χ4n) is 4.90. The molecule has 8 heteroatoms. The number of nitrogens with zero attached hydrogens (tertiary/aromatic N) is 3. The second-order valence-electron chi connectivity index (χ2n) is 9.78. The second kappa shape index (κ2) is 6.32. The highest BCUT2D eigenvalue weighted by Gasteiger charge is 2.57. The molecule has 2 heterocycles. The molecule has 3 N–H and O–H groups in total. The van der Waals surface area contributed by atoms with Crippen LogP contribution in [0.5, 0.6) is 0 Å². The van der Waals surface area contributed by atoms with Gasteiger partial charge in [-0.25, -0.2) is 9.78 Å². The largest absolute Gasteiger partial charge is 0.444 e. The minimum atomic E-state index is -0.489. The monoisotopic (exact) mass is 399 g/mol. The number of hydrogen-bond acceptors (Lipinski definition) is 6. The lowest BCUT2D eigenvalue weighted by molar-refractivity contribution is 0.0475. The first kappa shape index (κ1) is 18.7. The number of alkyl carbamates (subject to hydrolysis) is 1. The van der Waals surface area contributed by atoms with E-state index in [-0.39, 0.29) is 36.1 Å². The normalized spacial score (nSPS) is 26.8. The quantitative estimate of drug-likeness (QED) is 0.730. The van der Waals surface area contributed by atoms with Gasteiger partial charge < -0.3 is 20.5 Å². The van der Waals surface area contributed by atoms with Crippen LogP contribution in [0.4, 0.5) is 10.6 Å². The zero-order valence-electron chi connectivity index (χ0n) is 17.2. The first-order valence-corrected chi connectivity index (χ1v) is 10.5. The maximum Gasteiger partial charge on any atom is 0.407 e. The number of aliphatic hydroxyl groups is 1. The number of ether oxygens (including phenoxy) is 1. The number of fused-ring (bicyclic) bond motifs is 3. The van der Waals surface area contributed by atoms with E-state index in [1.54, 1.807) is 6.20 Å². The van der Waals surface area contributed by atoms with Gasteiger partial charge in [-0.1, -0.05) is 0 Å². The molecule has 1 atom stereocenters. The Balaban J connectivity index is 1.32. The Bertz CT molecular complexity index is 953. The van der Waals surface area contributed by atoms with E-state index >= 15 is 0 Å². The average molecular weight is 399 g/mol. The molecule has 0 aliphatic heterocycles. The molecule has 2 fully saturated rings. The summed E-state index contributed by atoms with van der Waals surface area (Å²) in [7, 11) is 0. The number of aromatic nitrogens is 3. The predicted octanol–water partition coefficient (Wildman–Crippen LogP) is 2.39. The first-order valence-electron chi connectivity index (χ1n) is 10.5. The lowest BCUT2D eigenvalue weighted by atomic mass is 9.86. The molecule has 2 saturated carbocycles. The van der Waals surface area contributed by atoms with Crippen LogP contribution in [0, 0.1) is 5.92 Å². The summed E-state index contributed by atoms with van der Waals surface area (Å²) in [6.07, 6.45) is 6.15. The van der Waals surface area contributed by atoms with Gasteiger partial charge in [0.25, 0.3) is 0 Å². The third-order valence-electron chi connectivity index (χ3n) is 6.55. The number of hydrogen-bond donors (Lipinski definition) is 3.